The molecule has 172 valence electrons. The molecular weight excluding hydrogens is 400 g/mol. The van der Waals surface area contributed by atoms with E-state index in [4.69, 9.17) is 4.74 Å². The van der Waals surface area contributed by atoms with Gasteiger partial charge in [-0.25, -0.2) is 0 Å². The summed E-state index contributed by atoms with van der Waals surface area (Å²) in [6.07, 6.45) is 4.59. The summed E-state index contributed by atoms with van der Waals surface area (Å²) >= 11 is 0. The van der Waals surface area contributed by atoms with Gasteiger partial charge in [0, 0.05) is 6.54 Å². The summed E-state index contributed by atoms with van der Waals surface area (Å²) in [6, 6.07) is 16.4. The van der Waals surface area contributed by atoms with Crippen LogP contribution in [-0.2, 0) is 9.59 Å². The summed E-state index contributed by atoms with van der Waals surface area (Å²) in [7, 11) is 0. The second-order valence-electron chi connectivity index (χ2n) is 9.04. The Morgan fingerprint density at radius 1 is 0.969 bits per heavy atom. The van der Waals surface area contributed by atoms with Crippen LogP contribution in [0.5, 0.6) is 5.75 Å². The smallest absolute Gasteiger partial charge is 0.247 e. The fourth-order valence-corrected chi connectivity index (χ4v) is 3.70. The van der Waals surface area contributed by atoms with Crippen LogP contribution in [0, 0.1) is 11.8 Å². The van der Waals surface area contributed by atoms with Crippen molar-refractivity contribution in [1.29, 1.82) is 0 Å². The van der Waals surface area contributed by atoms with Crippen molar-refractivity contribution in [3.05, 3.63) is 65.7 Å². The van der Waals surface area contributed by atoms with Gasteiger partial charge in [-0.15, -0.1) is 0 Å². The lowest BCUT2D eigenvalue weighted by molar-refractivity contribution is -0.129. The predicted octanol–water partition coefficient (Wildman–Crippen LogP) is 4.99. The molecule has 1 unspecified atom stereocenters. The van der Waals surface area contributed by atoms with Gasteiger partial charge in [0.25, 0.3) is 0 Å². The quantitative estimate of drug-likeness (QED) is 0.493. The van der Waals surface area contributed by atoms with E-state index in [0.29, 0.717) is 25.0 Å². The number of carbonyl (C=O) groups excluding carboxylic acids is 2. The van der Waals surface area contributed by atoms with E-state index >= 15 is 0 Å². The molecule has 5 nitrogen and oxygen atoms in total. The van der Waals surface area contributed by atoms with Crippen molar-refractivity contribution in [3.8, 4) is 5.75 Å². The minimum Gasteiger partial charge on any atom is -0.493 e. The molecule has 0 aliphatic heterocycles. The fourth-order valence-electron chi connectivity index (χ4n) is 3.70. The van der Waals surface area contributed by atoms with E-state index in [1.54, 1.807) is 0 Å². The number of hydrogen-bond acceptors (Lipinski definition) is 3. The number of ether oxygens (including phenoxy) is 1. The van der Waals surface area contributed by atoms with Crippen molar-refractivity contribution in [2.45, 2.75) is 58.4 Å². The Morgan fingerprint density at radius 2 is 1.66 bits per heavy atom. The first-order valence-electron chi connectivity index (χ1n) is 11.8. The van der Waals surface area contributed by atoms with Crippen molar-refractivity contribution in [3.63, 3.8) is 0 Å². The standard InChI is InChI=1S/C27H36N2O3/c1-4-8-19(2)18-32-24-15-13-23(14-16-24)25(27(31)28-17-21-11-12-21)29-26(30)20(3)22-9-6-5-7-10-22/h5-7,9-10,13-16,19-21,25H,4,8,11-12,17-18H2,1-3H3,(H,28,31)(H,29,30)/t19?,20-,25+/m0/s1. The summed E-state index contributed by atoms with van der Waals surface area (Å²) in [6.45, 7) is 7.55. The number of nitrogens with one attached hydrogen (secondary N) is 2. The normalized spacial score (nSPS) is 16.0. The number of carbonyl (C=O) groups is 2. The third kappa shape index (κ3) is 7.11. The van der Waals surface area contributed by atoms with Crippen LogP contribution in [0.4, 0.5) is 0 Å². The molecule has 1 aliphatic carbocycles. The molecule has 1 saturated carbocycles. The first-order valence-corrected chi connectivity index (χ1v) is 11.8. The molecule has 5 heteroatoms. The van der Waals surface area contributed by atoms with Gasteiger partial charge < -0.3 is 15.4 Å². The summed E-state index contributed by atoms with van der Waals surface area (Å²) in [5.41, 5.74) is 1.67. The van der Waals surface area contributed by atoms with Crippen molar-refractivity contribution in [2.75, 3.05) is 13.2 Å². The lowest BCUT2D eigenvalue weighted by Crippen LogP contribution is -2.42. The van der Waals surface area contributed by atoms with E-state index < -0.39 is 6.04 Å². The van der Waals surface area contributed by atoms with Crippen molar-refractivity contribution in [1.82, 2.24) is 10.6 Å². The molecule has 1 fully saturated rings. The summed E-state index contributed by atoms with van der Waals surface area (Å²) in [5, 5.41) is 5.98. The second kappa shape index (κ2) is 11.7. The van der Waals surface area contributed by atoms with E-state index in [9.17, 15) is 9.59 Å². The maximum Gasteiger partial charge on any atom is 0.247 e. The summed E-state index contributed by atoms with van der Waals surface area (Å²) < 4.78 is 5.89. The second-order valence-corrected chi connectivity index (χ2v) is 9.04. The zero-order chi connectivity index (χ0) is 22.9. The van der Waals surface area contributed by atoms with Crippen molar-refractivity contribution >= 4 is 11.8 Å². The Labute approximate surface area is 191 Å². The van der Waals surface area contributed by atoms with Crippen molar-refractivity contribution in [2.24, 2.45) is 11.8 Å². The molecule has 0 bridgehead atoms. The molecule has 0 spiro atoms. The van der Waals surface area contributed by atoms with Crippen LogP contribution in [-0.4, -0.2) is 25.0 Å². The molecule has 0 heterocycles. The average Bonchev–Trinajstić information content (AvgIpc) is 3.65. The number of hydrogen-bond donors (Lipinski definition) is 2. The monoisotopic (exact) mass is 436 g/mol. The van der Waals surface area contributed by atoms with Gasteiger partial charge in [0.05, 0.1) is 12.5 Å². The molecule has 0 radical (unpaired) electrons. The van der Waals surface area contributed by atoms with E-state index in [-0.39, 0.29) is 17.7 Å². The van der Waals surface area contributed by atoms with Gasteiger partial charge in [0.15, 0.2) is 0 Å². The lowest BCUT2D eigenvalue weighted by atomic mass is 9.99. The van der Waals surface area contributed by atoms with Crippen LogP contribution in [0.3, 0.4) is 0 Å². The van der Waals surface area contributed by atoms with Gasteiger partial charge in [-0.2, -0.15) is 0 Å². The van der Waals surface area contributed by atoms with Gasteiger partial charge >= 0.3 is 0 Å². The van der Waals surface area contributed by atoms with Gasteiger partial charge in [-0.3, -0.25) is 9.59 Å². The van der Waals surface area contributed by atoms with Gasteiger partial charge in [0.1, 0.15) is 11.8 Å². The highest BCUT2D eigenvalue weighted by molar-refractivity contribution is 5.91. The highest BCUT2D eigenvalue weighted by Crippen LogP contribution is 2.28. The average molecular weight is 437 g/mol. The Balaban J connectivity index is 1.69. The Kier molecular flexibility index (Phi) is 8.72. The van der Waals surface area contributed by atoms with Gasteiger partial charge in [-0.05, 0) is 61.3 Å². The van der Waals surface area contributed by atoms with Gasteiger partial charge in [0.2, 0.25) is 11.8 Å². The lowest BCUT2D eigenvalue weighted by Gasteiger charge is -2.22. The third-order valence-electron chi connectivity index (χ3n) is 6.03. The third-order valence-corrected chi connectivity index (χ3v) is 6.03. The number of amides is 2. The van der Waals surface area contributed by atoms with E-state index in [1.165, 1.54) is 0 Å². The first kappa shape index (κ1) is 23.8. The molecular formula is C27H36N2O3. The molecule has 2 amide bonds. The van der Waals surface area contributed by atoms with Gasteiger partial charge in [-0.1, -0.05) is 62.7 Å². The molecule has 3 rings (SSSR count). The largest absolute Gasteiger partial charge is 0.493 e. The SMILES string of the molecule is CCCC(C)COc1ccc([C@@H](NC(=O)[C@@H](C)c2ccccc2)C(=O)NCC2CC2)cc1. The molecule has 2 aromatic carbocycles. The highest BCUT2D eigenvalue weighted by atomic mass is 16.5. The van der Waals surface area contributed by atoms with Crippen molar-refractivity contribution < 1.29 is 14.3 Å². The Hall–Kier alpha value is -2.82. The maximum absolute atomic E-state index is 13.0. The van der Waals surface area contributed by atoms with Crippen LogP contribution in [0.15, 0.2) is 54.6 Å². The Morgan fingerprint density at radius 3 is 2.28 bits per heavy atom. The highest BCUT2D eigenvalue weighted by Gasteiger charge is 2.28. The fraction of sp³-hybridized carbons (Fsp3) is 0.481. The number of rotatable bonds is 12. The van der Waals surface area contributed by atoms with Crippen LogP contribution in [0.2, 0.25) is 0 Å². The van der Waals surface area contributed by atoms with Crippen LogP contribution in [0.25, 0.3) is 0 Å². The molecule has 1 aliphatic rings. The first-order chi connectivity index (χ1) is 15.5. The number of benzene rings is 2. The molecule has 2 aromatic rings. The molecule has 3 atom stereocenters. The predicted molar refractivity (Wildman–Crippen MR) is 127 cm³/mol. The van der Waals surface area contributed by atoms with E-state index in [2.05, 4.69) is 24.5 Å². The minimum absolute atomic E-state index is 0.170. The van der Waals surface area contributed by atoms with Crippen LogP contribution >= 0.6 is 0 Å². The molecule has 32 heavy (non-hydrogen) atoms. The molecule has 2 N–H and O–H groups in total. The topological polar surface area (TPSA) is 67.4 Å². The maximum atomic E-state index is 13.0. The zero-order valence-corrected chi connectivity index (χ0v) is 19.5. The molecule has 0 saturated heterocycles. The summed E-state index contributed by atoms with van der Waals surface area (Å²) in [5.74, 6) is 1.15. The summed E-state index contributed by atoms with van der Waals surface area (Å²) in [4.78, 5) is 26.0. The Bertz CT molecular complexity index is 862. The van der Waals surface area contributed by atoms with Crippen LogP contribution < -0.4 is 15.4 Å². The zero-order valence-electron chi connectivity index (χ0n) is 19.5. The minimum atomic E-state index is -0.736. The molecule has 0 aromatic heterocycles. The van der Waals surface area contributed by atoms with E-state index in [0.717, 1.165) is 42.6 Å². The van der Waals surface area contributed by atoms with Crippen LogP contribution in [0.1, 0.15) is 69.5 Å². The van der Waals surface area contributed by atoms with E-state index in [1.807, 2.05) is 61.5 Å².